The van der Waals surface area contributed by atoms with E-state index in [9.17, 15) is 13.6 Å². The Hall–Kier alpha value is -3.35. The maximum absolute atomic E-state index is 13.2. The van der Waals surface area contributed by atoms with Crippen LogP contribution in [0.25, 0.3) is 0 Å². The summed E-state index contributed by atoms with van der Waals surface area (Å²) in [4.78, 5) is 20.3. The quantitative estimate of drug-likeness (QED) is 0.729. The van der Waals surface area contributed by atoms with Gasteiger partial charge in [0.15, 0.2) is 11.6 Å². The van der Waals surface area contributed by atoms with E-state index >= 15 is 0 Å². The van der Waals surface area contributed by atoms with Crippen molar-refractivity contribution in [2.75, 3.05) is 10.6 Å². The van der Waals surface area contributed by atoms with E-state index in [4.69, 9.17) is 0 Å². The van der Waals surface area contributed by atoms with Crippen LogP contribution in [0, 0.1) is 18.6 Å². The highest BCUT2D eigenvalue weighted by atomic mass is 19.2. The largest absolute Gasteiger partial charge is 0.350 e. The molecule has 0 atom stereocenters. The molecule has 7 heteroatoms. The third kappa shape index (κ3) is 4.18. The molecule has 0 aliphatic rings. The van der Waals surface area contributed by atoms with E-state index in [-0.39, 0.29) is 11.3 Å². The van der Waals surface area contributed by atoms with Gasteiger partial charge in [0.1, 0.15) is 0 Å². The minimum absolute atomic E-state index is 0.149. The normalized spacial score (nSPS) is 10.4. The first-order valence-corrected chi connectivity index (χ1v) is 7.90. The third-order valence-electron chi connectivity index (χ3n) is 3.79. The Kier molecular flexibility index (Phi) is 5.17. The second kappa shape index (κ2) is 7.69. The molecule has 1 amide bonds. The Morgan fingerprint density at radius 2 is 1.77 bits per heavy atom. The molecule has 132 valence electrons. The van der Waals surface area contributed by atoms with Gasteiger partial charge in [-0.1, -0.05) is 24.3 Å². The van der Waals surface area contributed by atoms with Crippen LogP contribution in [-0.2, 0) is 6.54 Å². The summed E-state index contributed by atoms with van der Waals surface area (Å²) >= 11 is 0. The predicted octanol–water partition coefficient (Wildman–Crippen LogP) is 3.93. The van der Waals surface area contributed by atoms with Gasteiger partial charge in [0.25, 0.3) is 5.91 Å². The van der Waals surface area contributed by atoms with Crippen molar-refractivity contribution < 1.29 is 13.6 Å². The standard InChI is InChI=1S/C19H16F2N4O/c1-12-4-2-3-5-13(12)9-22-19-23-10-14(11-24-19)18(26)25-15-6-7-16(20)17(21)8-15/h2-8,10-11H,9H2,1H3,(H,25,26)(H,22,23,24). The molecule has 1 heterocycles. The average molecular weight is 354 g/mol. The zero-order valence-electron chi connectivity index (χ0n) is 14.0. The molecule has 0 aliphatic carbocycles. The van der Waals surface area contributed by atoms with Gasteiger partial charge in [-0.15, -0.1) is 0 Å². The zero-order valence-corrected chi connectivity index (χ0v) is 14.0. The van der Waals surface area contributed by atoms with E-state index in [1.165, 1.54) is 18.5 Å². The molecule has 0 fully saturated rings. The Balaban J connectivity index is 1.62. The molecular weight excluding hydrogens is 338 g/mol. The highest BCUT2D eigenvalue weighted by molar-refractivity contribution is 6.03. The molecule has 26 heavy (non-hydrogen) atoms. The highest BCUT2D eigenvalue weighted by Gasteiger charge is 2.10. The lowest BCUT2D eigenvalue weighted by Crippen LogP contribution is -2.14. The number of benzene rings is 2. The molecule has 0 unspecified atom stereocenters. The maximum atomic E-state index is 13.2. The van der Waals surface area contributed by atoms with Gasteiger partial charge in [0.2, 0.25) is 5.95 Å². The number of hydrogen-bond acceptors (Lipinski definition) is 4. The lowest BCUT2D eigenvalue weighted by Gasteiger charge is -2.08. The first kappa shape index (κ1) is 17.5. The van der Waals surface area contributed by atoms with Gasteiger partial charge >= 0.3 is 0 Å². The lowest BCUT2D eigenvalue weighted by atomic mass is 10.1. The lowest BCUT2D eigenvalue weighted by molar-refractivity contribution is 0.102. The topological polar surface area (TPSA) is 66.9 Å². The number of nitrogens with zero attached hydrogens (tertiary/aromatic N) is 2. The fourth-order valence-corrected chi connectivity index (χ4v) is 2.30. The van der Waals surface area contributed by atoms with Crippen LogP contribution in [0.4, 0.5) is 20.4 Å². The Bertz CT molecular complexity index is 929. The van der Waals surface area contributed by atoms with Crippen LogP contribution in [0.15, 0.2) is 54.9 Å². The number of carbonyl (C=O) groups is 1. The molecule has 0 spiro atoms. The van der Waals surface area contributed by atoms with E-state index in [0.29, 0.717) is 12.5 Å². The SMILES string of the molecule is Cc1ccccc1CNc1ncc(C(=O)Nc2ccc(F)c(F)c2)cn1. The van der Waals surface area contributed by atoms with Gasteiger partial charge < -0.3 is 10.6 Å². The third-order valence-corrected chi connectivity index (χ3v) is 3.79. The molecule has 1 aromatic heterocycles. The van der Waals surface area contributed by atoms with Crippen molar-refractivity contribution in [2.24, 2.45) is 0 Å². The molecule has 2 aromatic carbocycles. The molecule has 3 aromatic rings. The second-order valence-corrected chi connectivity index (χ2v) is 5.66. The fourth-order valence-electron chi connectivity index (χ4n) is 2.30. The number of aromatic nitrogens is 2. The molecule has 2 N–H and O–H groups in total. The first-order valence-electron chi connectivity index (χ1n) is 7.90. The maximum Gasteiger partial charge on any atom is 0.258 e. The summed E-state index contributed by atoms with van der Waals surface area (Å²) < 4.78 is 26.1. The van der Waals surface area contributed by atoms with Crippen molar-refractivity contribution >= 4 is 17.5 Å². The van der Waals surface area contributed by atoms with Crippen LogP contribution < -0.4 is 10.6 Å². The molecule has 0 saturated heterocycles. The van der Waals surface area contributed by atoms with Crippen molar-refractivity contribution in [2.45, 2.75) is 13.5 Å². The summed E-state index contributed by atoms with van der Waals surface area (Å²) in [5.41, 5.74) is 2.63. The molecular formula is C19H16F2N4O. The zero-order chi connectivity index (χ0) is 18.5. The van der Waals surface area contributed by atoms with Crippen LogP contribution in [0.5, 0.6) is 0 Å². The molecule has 0 radical (unpaired) electrons. The second-order valence-electron chi connectivity index (χ2n) is 5.66. The summed E-state index contributed by atoms with van der Waals surface area (Å²) in [7, 11) is 0. The van der Waals surface area contributed by atoms with Crippen LogP contribution in [0.3, 0.4) is 0 Å². The van der Waals surface area contributed by atoms with Gasteiger partial charge in [0, 0.05) is 30.7 Å². The van der Waals surface area contributed by atoms with Gasteiger partial charge in [-0.25, -0.2) is 18.7 Å². The average Bonchev–Trinajstić information content (AvgIpc) is 2.64. The van der Waals surface area contributed by atoms with Crippen LogP contribution in [0.2, 0.25) is 0 Å². The smallest absolute Gasteiger partial charge is 0.258 e. The number of hydrogen-bond donors (Lipinski definition) is 2. The first-order chi connectivity index (χ1) is 12.5. The summed E-state index contributed by atoms with van der Waals surface area (Å²) in [5, 5.41) is 5.55. The molecule has 3 rings (SSSR count). The van der Waals surface area contributed by atoms with Gasteiger partial charge in [-0.3, -0.25) is 4.79 Å². The predicted molar refractivity (Wildman–Crippen MR) is 94.8 cm³/mol. The van der Waals surface area contributed by atoms with Crippen molar-refractivity contribution in [1.82, 2.24) is 9.97 Å². The number of aryl methyl sites for hydroxylation is 1. The number of anilines is 2. The van der Waals surface area contributed by atoms with Crippen molar-refractivity contribution in [1.29, 1.82) is 0 Å². The van der Waals surface area contributed by atoms with E-state index in [1.807, 2.05) is 31.2 Å². The number of halogens is 2. The van der Waals surface area contributed by atoms with Crippen LogP contribution in [0.1, 0.15) is 21.5 Å². The fraction of sp³-hybridized carbons (Fsp3) is 0.105. The molecule has 0 aliphatic heterocycles. The number of amides is 1. The van der Waals surface area contributed by atoms with E-state index in [2.05, 4.69) is 20.6 Å². The summed E-state index contributed by atoms with van der Waals surface area (Å²) in [6, 6.07) is 11.1. The number of rotatable bonds is 5. The van der Waals surface area contributed by atoms with E-state index in [1.54, 1.807) is 0 Å². The van der Waals surface area contributed by atoms with Crippen molar-refractivity contribution in [3.8, 4) is 0 Å². The summed E-state index contributed by atoms with van der Waals surface area (Å²) in [5.74, 6) is -2.13. The van der Waals surface area contributed by atoms with Crippen LogP contribution >= 0.6 is 0 Å². The molecule has 0 bridgehead atoms. The van der Waals surface area contributed by atoms with Gasteiger partial charge in [-0.2, -0.15) is 0 Å². The summed E-state index contributed by atoms with van der Waals surface area (Å²) in [6.45, 7) is 2.58. The van der Waals surface area contributed by atoms with E-state index in [0.717, 1.165) is 23.3 Å². The Morgan fingerprint density at radius 3 is 2.46 bits per heavy atom. The number of carbonyl (C=O) groups excluding carboxylic acids is 1. The Morgan fingerprint density at radius 1 is 1.04 bits per heavy atom. The summed E-state index contributed by atoms with van der Waals surface area (Å²) in [6.07, 6.45) is 2.73. The molecule has 0 saturated carbocycles. The van der Waals surface area contributed by atoms with Gasteiger partial charge in [0.05, 0.1) is 5.56 Å². The minimum atomic E-state index is -1.03. The number of nitrogens with one attached hydrogen (secondary N) is 2. The van der Waals surface area contributed by atoms with Crippen molar-refractivity contribution in [3.63, 3.8) is 0 Å². The van der Waals surface area contributed by atoms with Crippen molar-refractivity contribution in [3.05, 3.63) is 83.2 Å². The van der Waals surface area contributed by atoms with Gasteiger partial charge in [-0.05, 0) is 30.2 Å². The van der Waals surface area contributed by atoms with E-state index < -0.39 is 17.5 Å². The molecule has 5 nitrogen and oxygen atoms in total. The Labute approximate surface area is 149 Å². The minimum Gasteiger partial charge on any atom is -0.350 e. The highest BCUT2D eigenvalue weighted by Crippen LogP contribution is 2.14. The van der Waals surface area contributed by atoms with Crippen LogP contribution in [-0.4, -0.2) is 15.9 Å². The monoisotopic (exact) mass is 354 g/mol.